The third kappa shape index (κ3) is 3.10. The Balaban J connectivity index is 2.15. The van der Waals surface area contributed by atoms with Crippen molar-refractivity contribution in [2.45, 2.75) is 18.2 Å². The molecule has 0 aliphatic heterocycles. The second-order valence-corrected chi connectivity index (χ2v) is 4.88. The lowest BCUT2D eigenvalue weighted by Gasteiger charge is -1.98. The van der Waals surface area contributed by atoms with Gasteiger partial charge in [-0.25, -0.2) is 0 Å². The minimum absolute atomic E-state index is 0.115. The van der Waals surface area contributed by atoms with Gasteiger partial charge in [-0.2, -0.15) is 4.98 Å². The highest BCUT2D eigenvalue weighted by molar-refractivity contribution is 7.99. The second kappa shape index (κ2) is 5.68. The van der Waals surface area contributed by atoms with E-state index in [1.54, 1.807) is 11.8 Å². The molecule has 0 atom stereocenters. The van der Waals surface area contributed by atoms with Crippen LogP contribution in [0.3, 0.4) is 0 Å². The molecule has 2 aromatic rings. The third-order valence-corrected chi connectivity index (χ3v) is 3.09. The molecule has 0 saturated heterocycles. The summed E-state index contributed by atoms with van der Waals surface area (Å²) in [7, 11) is 0. The molecule has 0 fully saturated rings. The highest BCUT2D eigenvalue weighted by Gasteiger charge is 2.11. The number of carboxylic acid groups (broad SMARTS) is 1. The van der Waals surface area contributed by atoms with E-state index in [0.717, 1.165) is 11.3 Å². The van der Waals surface area contributed by atoms with Crippen molar-refractivity contribution in [1.29, 1.82) is 0 Å². The fraction of sp³-hybridized carbons (Fsp3) is 0.250. The summed E-state index contributed by atoms with van der Waals surface area (Å²) in [5, 5.41) is 12.4. The number of aromatic nitrogens is 2. The summed E-state index contributed by atoms with van der Waals surface area (Å²) in [5.41, 5.74) is 0.816. The first-order chi connectivity index (χ1) is 8.69. The molecule has 0 unspecified atom stereocenters. The van der Waals surface area contributed by atoms with Crippen molar-refractivity contribution in [3.8, 4) is 11.4 Å². The number of thioether (sulfide) groups is 1. The molecule has 1 aromatic heterocycles. The highest BCUT2D eigenvalue weighted by Crippen LogP contribution is 2.22. The first-order valence-electron chi connectivity index (χ1n) is 5.46. The quantitative estimate of drug-likeness (QED) is 0.836. The Labute approximate surface area is 108 Å². The minimum atomic E-state index is -0.986. The number of rotatable bonds is 5. The van der Waals surface area contributed by atoms with Gasteiger partial charge in [0.1, 0.15) is 6.42 Å². The van der Waals surface area contributed by atoms with Crippen LogP contribution in [0.4, 0.5) is 0 Å². The number of hydrogen-bond acceptors (Lipinski definition) is 5. The van der Waals surface area contributed by atoms with Gasteiger partial charge in [0.05, 0.1) is 0 Å². The molecule has 0 amide bonds. The van der Waals surface area contributed by atoms with Crippen molar-refractivity contribution >= 4 is 17.7 Å². The zero-order chi connectivity index (χ0) is 13.0. The summed E-state index contributed by atoms with van der Waals surface area (Å²) in [4.78, 5) is 15.7. The number of carboxylic acids is 1. The molecule has 0 spiro atoms. The number of benzene rings is 1. The summed E-state index contributed by atoms with van der Waals surface area (Å²) < 4.78 is 4.86. The van der Waals surface area contributed by atoms with Crippen LogP contribution in [0.15, 0.2) is 33.7 Å². The van der Waals surface area contributed by atoms with Crippen molar-refractivity contribution < 1.29 is 14.4 Å². The Bertz CT molecular complexity index is 537. The molecule has 0 bridgehead atoms. The fourth-order valence-corrected chi connectivity index (χ4v) is 2.10. The lowest BCUT2D eigenvalue weighted by molar-refractivity contribution is -0.136. The second-order valence-electron chi connectivity index (χ2n) is 3.54. The van der Waals surface area contributed by atoms with Crippen molar-refractivity contribution in [2.75, 3.05) is 5.75 Å². The van der Waals surface area contributed by atoms with Crippen molar-refractivity contribution in [3.63, 3.8) is 0 Å². The monoisotopic (exact) mass is 264 g/mol. The van der Waals surface area contributed by atoms with Crippen molar-refractivity contribution in [2.24, 2.45) is 0 Å². The van der Waals surface area contributed by atoms with E-state index in [0.29, 0.717) is 5.82 Å². The van der Waals surface area contributed by atoms with Gasteiger partial charge in [0, 0.05) is 10.5 Å². The highest BCUT2D eigenvalue weighted by atomic mass is 32.2. The van der Waals surface area contributed by atoms with E-state index in [9.17, 15) is 4.79 Å². The van der Waals surface area contributed by atoms with E-state index < -0.39 is 5.97 Å². The number of nitrogens with zero attached hydrogens (tertiary/aromatic N) is 2. The lowest BCUT2D eigenvalue weighted by atomic mass is 10.2. The summed E-state index contributed by atoms with van der Waals surface area (Å²) in [6.07, 6.45) is -0.253. The maximum Gasteiger partial charge on any atom is 0.312 e. The molecule has 94 valence electrons. The van der Waals surface area contributed by atoms with Crippen LogP contribution in [-0.4, -0.2) is 27.0 Å². The van der Waals surface area contributed by atoms with E-state index in [4.69, 9.17) is 9.63 Å². The molecule has 5 nitrogen and oxygen atoms in total. The normalized spacial score (nSPS) is 10.5. The van der Waals surface area contributed by atoms with Crippen LogP contribution in [0, 0.1) is 0 Å². The Morgan fingerprint density at radius 2 is 2.11 bits per heavy atom. The molecule has 2 rings (SSSR count). The van der Waals surface area contributed by atoms with E-state index in [2.05, 4.69) is 17.1 Å². The Hall–Kier alpha value is -1.82. The number of hydrogen-bond donors (Lipinski definition) is 1. The SMILES string of the molecule is CCSc1ccc(-c2noc(CC(=O)O)n2)cc1. The van der Waals surface area contributed by atoms with Gasteiger partial charge in [-0.3, -0.25) is 4.79 Å². The molecular weight excluding hydrogens is 252 g/mol. The molecule has 0 saturated carbocycles. The van der Waals surface area contributed by atoms with Crippen LogP contribution in [0.1, 0.15) is 12.8 Å². The first kappa shape index (κ1) is 12.6. The van der Waals surface area contributed by atoms with Gasteiger partial charge in [-0.05, 0) is 30.0 Å². The van der Waals surface area contributed by atoms with Crippen LogP contribution < -0.4 is 0 Å². The van der Waals surface area contributed by atoms with Crippen LogP contribution in [-0.2, 0) is 11.2 Å². The number of carbonyl (C=O) groups is 1. The van der Waals surface area contributed by atoms with E-state index in [1.165, 1.54) is 4.90 Å². The zero-order valence-electron chi connectivity index (χ0n) is 9.79. The summed E-state index contributed by atoms with van der Waals surface area (Å²) in [6, 6.07) is 7.76. The average molecular weight is 264 g/mol. The summed E-state index contributed by atoms with van der Waals surface area (Å²) in [5.74, 6) is 0.563. The van der Waals surface area contributed by atoms with E-state index >= 15 is 0 Å². The molecule has 18 heavy (non-hydrogen) atoms. The van der Waals surface area contributed by atoms with Crippen molar-refractivity contribution in [1.82, 2.24) is 10.1 Å². The molecule has 1 heterocycles. The molecule has 1 N–H and O–H groups in total. The van der Waals surface area contributed by atoms with Crippen LogP contribution in [0.2, 0.25) is 0 Å². The van der Waals surface area contributed by atoms with Gasteiger partial charge in [-0.15, -0.1) is 11.8 Å². The molecule has 1 aromatic carbocycles. The first-order valence-corrected chi connectivity index (χ1v) is 6.45. The molecular formula is C12H12N2O3S. The molecule has 0 aliphatic carbocycles. The van der Waals surface area contributed by atoms with E-state index in [1.807, 2.05) is 24.3 Å². The lowest BCUT2D eigenvalue weighted by Crippen LogP contribution is -1.99. The average Bonchev–Trinajstić information content (AvgIpc) is 2.78. The molecule has 0 aliphatic rings. The van der Waals surface area contributed by atoms with Gasteiger partial charge in [0.15, 0.2) is 0 Å². The molecule has 0 radical (unpaired) electrons. The Morgan fingerprint density at radius 1 is 1.39 bits per heavy atom. The van der Waals surface area contributed by atoms with E-state index in [-0.39, 0.29) is 12.3 Å². The minimum Gasteiger partial charge on any atom is -0.481 e. The summed E-state index contributed by atoms with van der Waals surface area (Å²) in [6.45, 7) is 2.09. The van der Waals surface area contributed by atoms with Crippen molar-refractivity contribution in [3.05, 3.63) is 30.2 Å². The largest absolute Gasteiger partial charge is 0.481 e. The predicted molar refractivity (Wildman–Crippen MR) is 67.5 cm³/mol. The van der Waals surface area contributed by atoms with Gasteiger partial charge >= 0.3 is 5.97 Å². The zero-order valence-corrected chi connectivity index (χ0v) is 10.6. The summed E-state index contributed by atoms with van der Waals surface area (Å²) >= 11 is 1.75. The molecule has 6 heteroatoms. The van der Waals surface area contributed by atoms with Gasteiger partial charge in [-0.1, -0.05) is 12.1 Å². The van der Waals surface area contributed by atoms with Gasteiger partial charge in [0.25, 0.3) is 0 Å². The Morgan fingerprint density at radius 3 is 2.72 bits per heavy atom. The number of aliphatic carboxylic acids is 1. The fourth-order valence-electron chi connectivity index (χ4n) is 1.44. The maximum atomic E-state index is 10.5. The van der Waals surface area contributed by atoms with Gasteiger partial charge < -0.3 is 9.63 Å². The standard InChI is InChI=1S/C12H12N2O3S/c1-2-18-9-5-3-8(4-6-9)12-13-10(17-14-12)7-11(15)16/h3-6H,2,7H2,1H3,(H,15,16). The van der Waals surface area contributed by atoms with Crippen LogP contribution in [0.5, 0.6) is 0 Å². The van der Waals surface area contributed by atoms with Crippen LogP contribution >= 0.6 is 11.8 Å². The van der Waals surface area contributed by atoms with Gasteiger partial charge in [0.2, 0.25) is 11.7 Å². The third-order valence-electron chi connectivity index (χ3n) is 2.19. The Kier molecular flexibility index (Phi) is 3.99. The smallest absolute Gasteiger partial charge is 0.312 e. The predicted octanol–water partition coefficient (Wildman–Crippen LogP) is 2.48. The topological polar surface area (TPSA) is 76.2 Å². The maximum absolute atomic E-state index is 10.5. The van der Waals surface area contributed by atoms with Crippen LogP contribution in [0.25, 0.3) is 11.4 Å².